The highest BCUT2D eigenvalue weighted by molar-refractivity contribution is 7.92. The second-order valence-electron chi connectivity index (χ2n) is 6.99. The predicted octanol–water partition coefficient (Wildman–Crippen LogP) is 4.55. The first-order valence-corrected chi connectivity index (χ1v) is 11.7. The lowest BCUT2D eigenvalue weighted by Gasteiger charge is -2.15. The molecule has 0 fully saturated rings. The maximum absolute atomic E-state index is 13.0. The Hall–Kier alpha value is -3.72. The molecule has 2 N–H and O–H groups in total. The van der Waals surface area contributed by atoms with Crippen molar-refractivity contribution in [2.45, 2.75) is 18.2 Å². The number of para-hydroxylation sites is 2. The van der Waals surface area contributed by atoms with Crippen LogP contribution in [0.4, 0.5) is 11.4 Å². The summed E-state index contributed by atoms with van der Waals surface area (Å²) < 4.78 is 44.5. The van der Waals surface area contributed by atoms with Gasteiger partial charge in [0.05, 0.1) is 37.1 Å². The number of hydrogen-bond acceptors (Lipinski definition) is 6. The third-order valence-corrected chi connectivity index (χ3v) is 6.03. The van der Waals surface area contributed by atoms with Gasteiger partial charge >= 0.3 is 0 Å². The summed E-state index contributed by atoms with van der Waals surface area (Å²) >= 11 is 0. The van der Waals surface area contributed by atoms with Gasteiger partial charge in [0.25, 0.3) is 15.9 Å². The van der Waals surface area contributed by atoms with Gasteiger partial charge in [-0.25, -0.2) is 8.42 Å². The van der Waals surface area contributed by atoms with E-state index in [2.05, 4.69) is 10.0 Å². The van der Waals surface area contributed by atoms with Crippen LogP contribution in [-0.4, -0.2) is 35.2 Å². The lowest BCUT2D eigenvalue weighted by molar-refractivity contribution is 0.102. The zero-order valence-electron chi connectivity index (χ0n) is 18.6. The molecule has 3 aromatic carbocycles. The summed E-state index contributed by atoms with van der Waals surface area (Å²) in [5, 5.41) is 2.72. The van der Waals surface area contributed by atoms with Crippen LogP contribution in [0.3, 0.4) is 0 Å². The second-order valence-corrected chi connectivity index (χ2v) is 8.68. The van der Waals surface area contributed by atoms with Gasteiger partial charge in [-0.05, 0) is 61.0 Å². The molecule has 8 nitrogen and oxygen atoms in total. The van der Waals surface area contributed by atoms with E-state index in [0.29, 0.717) is 35.1 Å². The van der Waals surface area contributed by atoms with E-state index < -0.39 is 15.9 Å². The van der Waals surface area contributed by atoms with Crippen LogP contribution in [0.15, 0.2) is 71.6 Å². The molecular weight excluding hydrogens is 444 g/mol. The maximum Gasteiger partial charge on any atom is 0.262 e. The van der Waals surface area contributed by atoms with E-state index in [1.807, 2.05) is 6.92 Å². The molecule has 3 rings (SSSR count). The standard InChI is InChI=1S/C24H26N2O6S/c1-4-15-32-18-11-9-17(10-12-18)24(27)25-21-16-19(13-14-23(21)31-3)33(28,29)26-20-7-5-6-8-22(20)30-2/h5-14,16,26H,4,15H2,1-3H3,(H,25,27). The van der Waals surface area contributed by atoms with Crippen molar-refractivity contribution in [1.29, 1.82) is 0 Å². The zero-order valence-corrected chi connectivity index (χ0v) is 19.4. The fourth-order valence-corrected chi connectivity index (χ4v) is 4.10. The Bertz CT molecular complexity index is 1210. The van der Waals surface area contributed by atoms with Crippen molar-refractivity contribution in [2.75, 3.05) is 30.9 Å². The highest BCUT2D eigenvalue weighted by Crippen LogP contribution is 2.31. The minimum atomic E-state index is -3.96. The Morgan fingerprint density at radius 1 is 0.879 bits per heavy atom. The number of sulfonamides is 1. The van der Waals surface area contributed by atoms with E-state index in [1.54, 1.807) is 48.5 Å². The molecule has 0 spiro atoms. The van der Waals surface area contributed by atoms with Gasteiger partial charge in [-0.1, -0.05) is 19.1 Å². The zero-order chi connectivity index (χ0) is 23.8. The first-order valence-electron chi connectivity index (χ1n) is 10.3. The van der Waals surface area contributed by atoms with Gasteiger partial charge in [-0.15, -0.1) is 0 Å². The van der Waals surface area contributed by atoms with Crippen molar-refractivity contribution < 1.29 is 27.4 Å². The summed E-state index contributed by atoms with van der Waals surface area (Å²) in [6, 6.07) is 17.6. The summed E-state index contributed by atoms with van der Waals surface area (Å²) in [6.45, 7) is 2.60. The van der Waals surface area contributed by atoms with Gasteiger partial charge in [0, 0.05) is 5.56 Å². The van der Waals surface area contributed by atoms with Crippen LogP contribution in [0.25, 0.3) is 0 Å². The monoisotopic (exact) mass is 470 g/mol. The first-order chi connectivity index (χ1) is 15.9. The van der Waals surface area contributed by atoms with E-state index in [4.69, 9.17) is 14.2 Å². The Labute approximate surface area is 193 Å². The van der Waals surface area contributed by atoms with Crippen molar-refractivity contribution in [2.24, 2.45) is 0 Å². The smallest absolute Gasteiger partial charge is 0.262 e. The fraction of sp³-hybridized carbons (Fsp3) is 0.208. The summed E-state index contributed by atoms with van der Waals surface area (Å²) in [5.74, 6) is 0.959. The molecule has 33 heavy (non-hydrogen) atoms. The Morgan fingerprint density at radius 2 is 1.55 bits per heavy atom. The van der Waals surface area contributed by atoms with E-state index in [9.17, 15) is 13.2 Å². The fourth-order valence-electron chi connectivity index (χ4n) is 3.00. The topological polar surface area (TPSA) is 103 Å². The quantitative estimate of drug-likeness (QED) is 0.451. The molecule has 0 aliphatic rings. The van der Waals surface area contributed by atoms with E-state index in [-0.39, 0.29) is 10.6 Å². The Kier molecular flexibility index (Phi) is 7.78. The Morgan fingerprint density at radius 3 is 2.21 bits per heavy atom. The molecule has 174 valence electrons. The van der Waals surface area contributed by atoms with Crippen LogP contribution < -0.4 is 24.2 Å². The van der Waals surface area contributed by atoms with Crippen LogP contribution in [0, 0.1) is 0 Å². The molecule has 0 unspecified atom stereocenters. The summed E-state index contributed by atoms with van der Waals surface area (Å²) in [5.41, 5.74) is 0.907. The predicted molar refractivity (Wildman–Crippen MR) is 127 cm³/mol. The van der Waals surface area contributed by atoms with Crippen LogP contribution in [0.2, 0.25) is 0 Å². The summed E-state index contributed by atoms with van der Waals surface area (Å²) in [6.07, 6.45) is 0.882. The van der Waals surface area contributed by atoms with E-state index in [1.165, 1.54) is 32.4 Å². The molecule has 0 aliphatic heterocycles. The molecule has 9 heteroatoms. The van der Waals surface area contributed by atoms with Crippen molar-refractivity contribution in [3.05, 3.63) is 72.3 Å². The molecule has 0 saturated heterocycles. The van der Waals surface area contributed by atoms with Crippen LogP contribution in [0.1, 0.15) is 23.7 Å². The molecule has 0 heterocycles. The van der Waals surface area contributed by atoms with Crippen molar-refractivity contribution in [1.82, 2.24) is 0 Å². The van der Waals surface area contributed by atoms with Crippen LogP contribution in [0.5, 0.6) is 17.2 Å². The van der Waals surface area contributed by atoms with Gasteiger partial charge in [-0.2, -0.15) is 0 Å². The minimum absolute atomic E-state index is 0.0483. The molecule has 0 aromatic heterocycles. The van der Waals surface area contributed by atoms with Gasteiger partial charge in [-0.3, -0.25) is 9.52 Å². The van der Waals surface area contributed by atoms with Gasteiger partial charge in [0.2, 0.25) is 0 Å². The van der Waals surface area contributed by atoms with E-state index in [0.717, 1.165) is 6.42 Å². The first kappa shape index (κ1) is 23.9. The van der Waals surface area contributed by atoms with Crippen LogP contribution >= 0.6 is 0 Å². The number of nitrogens with one attached hydrogen (secondary N) is 2. The number of benzene rings is 3. The Balaban J connectivity index is 1.83. The van der Waals surface area contributed by atoms with Gasteiger partial charge in [0.15, 0.2) is 0 Å². The second kappa shape index (κ2) is 10.7. The lowest BCUT2D eigenvalue weighted by Crippen LogP contribution is -2.16. The van der Waals surface area contributed by atoms with Crippen molar-refractivity contribution in [3.8, 4) is 17.2 Å². The molecule has 1 amide bonds. The number of carbonyl (C=O) groups is 1. The van der Waals surface area contributed by atoms with Crippen molar-refractivity contribution >= 4 is 27.3 Å². The van der Waals surface area contributed by atoms with Crippen LogP contribution in [-0.2, 0) is 10.0 Å². The number of rotatable bonds is 10. The number of amides is 1. The molecule has 0 saturated carbocycles. The summed E-state index contributed by atoms with van der Waals surface area (Å²) in [7, 11) is -1.07. The molecule has 0 radical (unpaired) electrons. The third kappa shape index (κ3) is 5.95. The highest BCUT2D eigenvalue weighted by Gasteiger charge is 2.19. The number of hydrogen-bond donors (Lipinski definition) is 2. The number of anilines is 2. The minimum Gasteiger partial charge on any atom is -0.495 e. The number of ether oxygens (including phenoxy) is 3. The van der Waals surface area contributed by atoms with Gasteiger partial charge in [0.1, 0.15) is 17.2 Å². The maximum atomic E-state index is 13.0. The van der Waals surface area contributed by atoms with Crippen molar-refractivity contribution in [3.63, 3.8) is 0 Å². The average molecular weight is 471 g/mol. The third-order valence-electron chi connectivity index (χ3n) is 4.67. The van der Waals surface area contributed by atoms with E-state index >= 15 is 0 Å². The largest absolute Gasteiger partial charge is 0.495 e. The molecule has 0 aliphatic carbocycles. The lowest BCUT2D eigenvalue weighted by atomic mass is 10.2. The highest BCUT2D eigenvalue weighted by atomic mass is 32.2. The SMILES string of the molecule is CCCOc1ccc(C(=O)Nc2cc(S(=O)(=O)Nc3ccccc3OC)ccc2OC)cc1. The average Bonchev–Trinajstić information content (AvgIpc) is 2.83. The number of carbonyl (C=O) groups excluding carboxylic acids is 1. The summed E-state index contributed by atoms with van der Waals surface area (Å²) in [4.78, 5) is 12.7. The number of methoxy groups -OCH3 is 2. The molecular formula is C24H26N2O6S. The normalized spacial score (nSPS) is 10.9. The molecule has 0 atom stereocenters. The molecule has 0 bridgehead atoms. The molecule has 3 aromatic rings. The van der Waals surface area contributed by atoms with Gasteiger partial charge < -0.3 is 19.5 Å².